The van der Waals surface area contributed by atoms with Crippen molar-refractivity contribution in [2.75, 3.05) is 11.4 Å². The highest BCUT2D eigenvalue weighted by Crippen LogP contribution is 2.31. The average molecular weight is 289 g/mol. The van der Waals surface area contributed by atoms with Gasteiger partial charge in [0, 0.05) is 12.6 Å². The van der Waals surface area contributed by atoms with E-state index in [4.69, 9.17) is 28.9 Å². The summed E-state index contributed by atoms with van der Waals surface area (Å²) in [6.45, 7) is 2.58. The lowest BCUT2D eigenvalue weighted by Gasteiger charge is -2.38. The fraction of sp³-hybridized carbons (Fsp3) is 0.545. The number of hydrogen-bond donors (Lipinski definition) is 1. The van der Waals surface area contributed by atoms with Crippen LogP contribution in [0.1, 0.15) is 19.8 Å². The standard InChI is InChI=1S/C11H14Cl2N4O/c1-6-2-3-7(9(14)18)5-17(6)10-8(12)4-15-11(13)16-10/h4,6-7H,2-3,5H2,1H3,(H2,14,18). The summed E-state index contributed by atoms with van der Waals surface area (Å²) in [4.78, 5) is 21.2. The maximum absolute atomic E-state index is 11.3. The van der Waals surface area contributed by atoms with Crippen LogP contribution in [-0.4, -0.2) is 28.5 Å². The van der Waals surface area contributed by atoms with Gasteiger partial charge in [-0.3, -0.25) is 4.79 Å². The molecule has 2 atom stereocenters. The van der Waals surface area contributed by atoms with E-state index in [9.17, 15) is 4.79 Å². The average Bonchev–Trinajstić information content (AvgIpc) is 2.33. The van der Waals surface area contributed by atoms with Gasteiger partial charge < -0.3 is 10.6 Å². The van der Waals surface area contributed by atoms with E-state index in [1.54, 1.807) is 0 Å². The van der Waals surface area contributed by atoms with Crippen molar-refractivity contribution in [2.45, 2.75) is 25.8 Å². The fourth-order valence-electron chi connectivity index (χ4n) is 2.17. The number of amides is 1. The first kappa shape index (κ1) is 13.4. The van der Waals surface area contributed by atoms with Gasteiger partial charge in [-0.15, -0.1) is 0 Å². The van der Waals surface area contributed by atoms with Gasteiger partial charge >= 0.3 is 0 Å². The second-order valence-electron chi connectivity index (χ2n) is 4.49. The minimum absolute atomic E-state index is 0.141. The number of nitrogens with zero attached hydrogens (tertiary/aromatic N) is 3. The van der Waals surface area contributed by atoms with Gasteiger partial charge in [0.1, 0.15) is 5.02 Å². The zero-order valence-electron chi connectivity index (χ0n) is 9.94. The molecule has 1 amide bonds. The Hall–Kier alpha value is -1.07. The van der Waals surface area contributed by atoms with Crippen LogP contribution in [0.4, 0.5) is 5.82 Å². The SMILES string of the molecule is CC1CCC(C(N)=O)CN1c1nc(Cl)ncc1Cl. The molecule has 0 aliphatic carbocycles. The molecule has 7 heteroatoms. The molecule has 2 rings (SSSR count). The third-order valence-corrected chi connectivity index (χ3v) is 3.70. The van der Waals surface area contributed by atoms with E-state index in [0.29, 0.717) is 17.4 Å². The zero-order chi connectivity index (χ0) is 13.3. The summed E-state index contributed by atoms with van der Waals surface area (Å²) in [5.74, 6) is 0.101. The van der Waals surface area contributed by atoms with Crippen LogP contribution in [0.3, 0.4) is 0 Å². The molecule has 0 radical (unpaired) electrons. The Balaban J connectivity index is 2.29. The van der Waals surface area contributed by atoms with Gasteiger partial charge in [0.05, 0.1) is 12.1 Å². The van der Waals surface area contributed by atoms with Crippen LogP contribution in [0.25, 0.3) is 0 Å². The molecule has 0 saturated carbocycles. The van der Waals surface area contributed by atoms with Gasteiger partial charge in [0.2, 0.25) is 11.2 Å². The van der Waals surface area contributed by atoms with Crippen molar-refractivity contribution in [3.63, 3.8) is 0 Å². The quantitative estimate of drug-likeness (QED) is 0.844. The van der Waals surface area contributed by atoms with Crippen molar-refractivity contribution in [3.05, 3.63) is 16.5 Å². The predicted octanol–water partition coefficient (Wildman–Crippen LogP) is 1.87. The number of primary amides is 1. The lowest BCUT2D eigenvalue weighted by Crippen LogP contribution is -2.46. The highest BCUT2D eigenvalue weighted by atomic mass is 35.5. The molecule has 2 unspecified atom stereocenters. The van der Waals surface area contributed by atoms with Gasteiger partial charge in [-0.25, -0.2) is 4.98 Å². The number of carbonyl (C=O) groups is 1. The molecular weight excluding hydrogens is 275 g/mol. The molecule has 5 nitrogen and oxygen atoms in total. The van der Waals surface area contributed by atoms with E-state index in [1.165, 1.54) is 6.20 Å². The number of anilines is 1. The van der Waals surface area contributed by atoms with E-state index in [1.807, 2.05) is 4.90 Å². The monoisotopic (exact) mass is 288 g/mol. The molecule has 1 aliphatic heterocycles. The molecular formula is C11H14Cl2N4O. The van der Waals surface area contributed by atoms with Crippen molar-refractivity contribution < 1.29 is 4.79 Å². The molecule has 18 heavy (non-hydrogen) atoms. The van der Waals surface area contributed by atoms with Crippen LogP contribution in [0.2, 0.25) is 10.3 Å². The number of aromatic nitrogens is 2. The van der Waals surface area contributed by atoms with E-state index in [0.717, 1.165) is 12.8 Å². The minimum Gasteiger partial charge on any atom is -0.369 e. The molecule has 1 aromatic rings. The Morgan fingerprint density at radius 1 is 1.50 bits per heavy atom. The fourth-order valence-corrected chi connectivity index (χ4v) is 2.50. The van der Waals surface area contributed by atoms with Gasteiger partial charge in [-0.2, -0.15) is 4.98 Å². The third kappa shape index (κ3) is 2.67. The maximum atomic E-state index is 11.3. The minimum atomic E-state index is -0.289. The maximum Gasteiger partial charge on any atom is 0.224 e. The summed E-state index contributed by atoms with van der Waals surface area (Å²) in [7, 11) is 0. The molecule has 1 fully saturated rings. The van der Waals surface area contributed by atoms with Gasteiger partial charge in [-0.05, 0) is 31.4 Å². The van der Waals surface area contributed by atoms with Crippen molar-refractivity contribution in [1.82, 2.24) is 9.97 Å². The summed E-state index contributed by atoms with van der Waals surface area (Å²) in [5, 5.41) is 0.569. The Morgan fingerprint density at radius 2 is 2.22 bits per heavy atom. The van der Waals surface area contributed by atoms with Crippen LogP contribution in [0.15, 0.2) is 6.20 Å². The number of halogens is 2. The first-order valence-corrected chi connectivity index (χ1v) is 6.48. The molecule has 0 spiro atoms. The van der Waals surface area contributed by atoms with Gasteiger partial charge in [0.15, 0.2) is 5.82 Å². The Labute approximate surface area is 115 Å². The molecule has 98 valence electrons. The van der Waals surface area contributed by atoms with E-state index >= 15 is 0 Å². The predicted molar refractivity (Wildman–Crippen MR) is 70.8 cm³/mol. The smallest absolute Gasteiger partial charge is 0.224 e. The first-order chi connectivity index (χ1) is 8.49. The van der Waals surface area contributed by atoms with Crippen molar-refractivity contribution >= 4 is 34.9 Å². The lowest BCUT2D eigenvalue weighted by molar-refractivity contribution is -0.122. The number of piperidine rings is 1. The summed E-state index contributed by atoms with van der Waals surface area (Å²) >= 11 is 11.9. The van der Waals surface area contributed by atoms with Crippen LogP contribution >= 0.6 is 23.2 Å². The van der Waals surface area contributed by atoms with Crippen LogP contribution in [0, 0.1) is 5.92 Å². The van der Waals surface area contributed by atoms with E-state index in [-0.39, 0.29) is 23.2 Å². The van der Waals surface area contributed by atoms with Crippen LogP contribution < -0.4 is 10.6 Å². The first-order valence-electron chi connectivity index (χ1n) is 5.73. The zero-order valence-corrected chi connectivity index (χ0v) is 11.4. The number of nitrogens with two attached hydrogens (primary N) is 1. The third-order valence-electron chi connectivity index (χ3n) is 3.25. The van der Waals surface area contributed by atoms with Crippen LogP contribution in [0.5, 0.6) is 0 Å². The highest BCUT2D eigenvalue weighted by molar-refractivity contribution is 6.33. The molecule has 1 aliphatic rings. The second kappa shape index (κ2) is 5.28. The van der Waals surface area contributed by atoms with E-state index in [2.05, 4.69) is 16.9 Å². The topological polar surface area (TPSA) is 72.1 Å². The normalized spacial score (nSPS) is 24.1. The number of rotatable bonds is 2. The second-order valence-corrected chi connectivity index (χ2v) is 5.23. The van der Waals surface area contributed by atoms with Gasteiger partial charge in [-0.1, -0.05) is 11.6 Å². The van der Waals surface area contributed by atoms with Crippen molar-refractivity contribution in [3.8, 4) is 0 Å². The van der Waals surface area contributed by atoms with E-state index < -0.39 is 0 Å². The molecule has 1 saturated heterocycles. The number of carbonyl (C=O) groups excluding carboxylic acids is 1. The molecule has 0 aromatic carbocycles. The molecule has 2 N–H and O–H groups in total. The summed E-state index contributed by atoms with van der Waals surface area (Å²) in [5.41, 5.74) is 5.36. The summed E-state index contributed by atoms with van der Waals surface area (Å²) < 4.78 is 0. The Kier molecular flexibility index (Phi) is 3.92. The summed E-state index contributed by atoms with van der Waals surface area (Å²) in [6, 6.07) is 0.240. The van der Waals surface area contributed by atoms with Crippen molar-refractivity contribution in [1.29, 1.82) is 0 Å². The molecule has 2 heterocycles. The van der Waals surface area contributed by atoms with Crippen molar-refractivity contribution in [2.24, 2.45) is 11.7 Å². The molecule has 0 bridgehead atoms. The Bertz CT molecular complexity index is 468. The largest absolute Gasteiger partial charge is 0.369 e. The van der Waals surface area contributed by atoms with Gasteiger partial charge in [0.25, 0.3) is 0 Å². The number of hydrogen-bond acceptors (Lipinski definition) is 4. The Morgan fingerprint density at radius 3 is 2.89 bits per heavy atom. The van der Waals surface area contributed by atoms with Crippen LogP contribution in [-0.2, 0) is 4.79 Å². The molecule has 1 aromatic heterocycles. The summed E-state index contributed by atoms with van der Waals surface area (Å²) in [6.07, 6.45) is 3.13. The lowest BCUT2D eigenvalue weighted by atomic mass is 9.93. The highest BCUT2D eigenvalue weighted by Gasteiger charge is 2.30.